The Balaban J connectivity index is 1.83. The van der Waals surface area contributed by atoms with Crippen LogP contribution in [0.3, 0.4) is 0 Å². The number of nitrogens with one attached hydrogen (secondary N) is 1. The lowest BCUT2D eigenvalue weighted by molar-refractivity contribution is -0.367. The minimum absolute atomic E-state index is 0.0544. The Labute approximate surface area is 223 Å². The van der Waals surface area contributed by atoms with Crippen LogP contribution in [-0.2, 0) is 32.8 Å². The van der Waals surface area contributed by atoms with Crippen LogP contribution in [-0.4, -0.2) is 178 Å². The zero-order chi connectivity index (χ0) is 29.2. The summed E-state index contributed by atoms with van der Waals surface area (Å²) in [7, 11) is 3.21. The molecular weight excluding hydrogens is 534 g/mol. The first kappa shape index (κ1) is 32.4. The predicted molar refractivity (Wildman–Crippen MR) is 124 cm³/mol. The molecule has 17 nitrogen and oxygen atoms in total. The van der Waals surface area contributed by atoms with Gasteiger partial charge in [-0.25, -0.2) is 0 Å². The second-order valence-corrected chi connectivity index (χ2v) is 10.0. The zero-order valence-electron chi connectivity index (χ0n) is 21.7. The normalized spacial score (nSPS) is 47.3. The maximum atomic E-state index is 12.0. The maximum absolute atomic E-state index is 12.0. The third-order valence-corrected chi connectivity index (χ3v) is 6.81. The molecule has 3 rings (SSSR count). The minimum atomic E-state index is -1.85. The molecule has 3 heterocycles. The first-order valence-electron chi connectivity index (χ1n) is 12.4. The highest BCUT2D eigenvalue weighted by Crippen LogP contribution is 2.32. The van der Waals surface area contributed by atoms with Gasteiger partial charge in [-0.2, -0.15) is 0 Å². The molecule has 3 aliphatic heterocycles. The summed E-state index contributed by atoms with van der Waals surface area (Å²) in [4.78, 5) is 12.0. The largest absolute Gasteiger partial charge is 0.424 e. The monoisotopic (exact) mass is 574 g/mol. The van der Waals surface area contributed by atoms with Crippen molar-refractivity contribution in [2.45, 2.75) is 99.0 Å². The van der Waals surface area contributed by atoms with Crippen LogP contribution in [0.2, 0.25) is 0 Å². The maximum Gasteiger partial charge on any atom is 0.217 e. The number of aliphatic hydroxyl groups is 9. The van der Waals surface area contributed by atoms with Gasteiger partial charge >= 0.3 is 0 Å². The standard InChI is InChI=1S/C22H39NO16/c1-7(26)23-11-14(29)18(37-22-16(31)15(30)12(27)10(36-22)6-39(2)3)9(5-25)35-21(11)38-19-13(28)8(4-24)34-20(33)17(19)32/h8-22,24-25,27-33H,4-6H2,1-3H3/p+1/t8-,9-,10-,11-,12+,13+,14-,15+,16-,17-,18-,19+,20-,21+,22+/m1/s1. The molecule has 17 heteroatoms. The Morgan fingerprint density at radius 3 is 1.87 bits per heavy atom. The van der Waals surface area contributed by atoms with Crippen molar-refractivity contribution in [1.29, 1.82) is 0 Å². The van der Waals surface area contributed by atoms with Gasteiger partial charge in [0.15, 0.2) is 31.6 Å². The third-order valence-electron chi connectivity index (χ3n) is 6.81. The van der Waals surface area contributed by atoms with E-state index in [1.165, 1.54) is 0 Å². The molecule has 228 valence electrons. The molecule has 0 bridgehead atoms. The van der Waals surface area contributed by atoms with E-state index in [9.17, 15) is 50.8 Å². The Bertz CT molecular complexity index is 791. The van der Waals surface area contributed by atoms with Gasteiger partial charge < -0.3 is 79.3 Å². The Kier molecular flexibility index (Phi) is 11.4. The van der Waals surface area contributed by atoms with Crippen molar-refractivity contribution in [2.75, 3.05) is 34.0 Å². The van der Waals surface area contributed by atoms with E-state index in [4.69, 9.17) is 23.7 Å². The van der Waals surface area contributed by atoms with Crippen molar-refractivity contribution in [3.63, 3.8) is 0 Å². The summed E-state index contributed by atoms with van der Waals surface area (Å²) in [6.07, 6.45) is -22.1. The number of aliphatic hydroxyl groups excluding tert-OH is 9. The fraction of sp³-hybridized carbons (Fsp3) is 0.955. The quantitative estimate of drug-likeness (QED) is 0.115. The van der Waals surface area contributed by atoms with Crippen molar-refractivity contribution in [3.8, 4) is 0 Å². The number of carbonyl (C=O) groups is 1. The SMILES string of the molecule is CC(=O)N[C@H]1[C@H](O[C@@H]2[C@@H](O)[C@H](O)O[C@H](CO)[C@@H]2O)O[C@H](CO)[C@@H](O[C@@H]2O[C@H](C[O+](C)C)[C@H](O)[C@H](O)[C@H]2O)[C@@H]1O. The fourth-order valence-corrected chi connectivity index (χ4v) is 4.77. The van der Waals surface area contributed by atoms with E-state index in [-0.39, 0.29) is 6.61 Å². The molecule has 0 aromatic heterocycles. The van der Waals surface area contributed by atoms with Crippen LogP contribution in [0.15, 0.2) is 0 Å². The van der Waals surface area contributed by atoms with Gasteiger partial charge in [-0.1, -0.05) is 0 Å². The van der Waals surface area contributed by atoms with Gasteiger partial charge in [-0.3, -0.25) is 4.79 Å². The van der Waals surface area contributed by atoms with Gasteiger partial charge in [0.25, 0.3) is 0 Å². The molecule has 3 fully saturated rings. The number of amides is 1. The lowest BCUT2D eigenvalue weighted by Crippen LogP contribution is -2.69. The van der Waals surface area contributed by atoms with Gasteiger partial charge in [-0.15, -0.1) is 0 Å². The zero-order valence-corrected chi connectivity index (χ0v) is 21.7. The van der Waals surface area contributed by atoms with E-state index >= 15 is 0 Å². The summed E-state index contributed by atoms with van der Waals surface area (Å²) in [5, 5.41) is 94.8. The molecular formula is C22H40NO16+. The molecule has 15 atom stereocenters. The van der Waals surface area contributed by atoms with E-state index in [1.807, 2.05) is 0 Å². The van der Waals surface area contributed by atoms with Crippen LogP contribution in [0, 0.1) is 0 Å². The summed E-state index contributed by atoms with van der Waals surface area (Å²) >= 11 is 0. The van der Waals surface area contributed by atoms with Crippen LogP contribution in [0.5, 0.6) is 0 Å². The molecule has 0 radical (unpaired) electrons. The second kappa shape index (κ2) is 13.7. The first-order valence-corrected chi connectivity index (χ1v) is 12.4. The molecule has 3 aliphatic rings. The van der Waals surface area contributed by atoms with E-state index in [0.29, 0.717) is 0 Å². The summed E-state index contributed by atoms with van der Waals surface area (Å²) < 4.78 is 30.1. The third kappa shape index (κ3) is 7.21. The average molecular weight is 575 g/mol. The summed E-state index contributed by atoms with van der Waals surface area (Å²) in [5.74, 6) is -0.658. The molecule has 0 spiro atoms. The van der Waals surface area contributed by atoms with Crippen molar-refractivity contribution >= 4 is 5.91 Å². The molecule has 0 unspecified atom stereocenters. The first-order chi connectivity index (χ1) is 18.3. The molecule has 0 aromatic carbocycles. The van der Waals surface area contributed by atoms with E-state index in [0.717, 1.165) is 6.92 Å². The highest BCUT2D eigenvalue weighted by Gasteiger charge is 2.54. The van der Waals surface area contributed by atoms with Crippen LogP contribution < -0.4 is 5.32 Å². The summed E-state index contributed by atoms with van der Waals surface area (Å²) in [6.45, 7) is -0.351. The number of rotatable bonds is 9. The molecule has 10 N–H and O–H groups in total. The van der Waals surface area contributed by atoms with E-state index < -0.39 is 111 Å². The highest BCUT2D eigenvalue weighted by atomic mass is 16.8. The summed E-state index contributed by atoms with van der Waals surface area (Å²) in [5.41, 5.74) is 0. The van der Waals surface area contributed by atoms with Gasteiger partial charge in [0.1, 0.15) is 81.3 Å². The topological polar surface area (TPSA) is 260 Å². The fourth-order valence-electron chi connectivity index (χ4n) is 4.77. The van der Waals surface area contributed by atoms with Crippen LogP contribution in [0.4, 0.5) is 0 Å². The number of hydrogen-bond donors (Lipinski definition) is 10. The molecule has 1 amide bonds. The Hall–Kier alpha value is -1.13. The molecule has 0 aliphatic carbocycles. The lowest BCUT2D eigenvalue weighted by Gasteiger charge is -2.49. The van der Waals surface area contributed by atoms with Crippen molar-refractivity contribution in [3.05, 3.63) is 0 Å². The molecule has 3 saturated heterocycles. The van der Waals surface area contributed by atoms with E-state index in [1.54, 1.807) is 14.2 Å². The number of ether oxygens (including phenoxy) is 5. The second-order valence-electron chi connectivity index (χ2n) is 10.0. The lowest BCUT2D eigenvalue weighted by atomic mass is 9.94. The van der Waals surface area contributed by atoms with Crippen molar-refractivity contribution in [1.82, 2.24) is 5.32 Å². The summed E-state index contributed by atoms with van der Waals surface area (Å²) in [6, 6.07) is -1.45. The molecule has 0 saturated carbocycles. The van der Waals surface area contributed by atoms with Crippen LogP contribution in [0.1, 0.15) is 6.92 Å². The van der Waals surface area contributed by atoms with Crippen molar-refractivity contribution in [2.24, 2.45) is 0 Å². The van der Waals surface area contributed by atoms with Gasteiger partial charge in [0, 0.05) is 6.92 Å². The van der Waals surface area contributed by atoms with Crippen LogP contribution >= 0.6 is 0 Å². The molecule has 39 heavy (non-hydrogen) atoms. The van der Waals surface area contributed by atoms with Gasteiger partial charge in [0.2, 0.25) is 5.91 Å². The number of hydrogen-bond acceptors (Lipinski definition) is 15. The molecule has 0 aromatic rings. The van der Waals surface area contributed by atoms with Crippen LogP contribution in [0.25, 0.3) is 0 Å². The number of carbonyl (C=O) groups excluding carboxylic acids is 1. The minimum Gasteiger partial charge on any atom is -0.424 e. The smallest absolute Gasteiger partial charge is 0.217 e. The highest BCUT2D eigenvalue weighted by molar-refractivity contribution is 5.73. The van der Waals surface area contributed by atoms with Gasteiger partial charge in [0.05, 0.1) is 13.2 Å². The predicted octanol–water partition coefficient (Wildman–Crippen LogP) is -6.61. The Morgan fingerprint density at radius 2 is 1.31 bits per heavy atom. The van der Waals surface area contributed by atoms with E-state index in [2.05, 4.69) is 9.68 Å². The average Bonchev–Trinajstić information content (AvgIpc) is 2.88. The Morgan fingerprint density at radius 1 is 0.718 bits per heavy atom. The van der Waals surface area contributed by atoms with Crippen molar-refractivity contribution < 1.29 is 78.8 Å². The van der Waals surface area contributed by atoms with Gasteiger partial charge in [-0.05, 0) is 0 Å².